The number of aromatic nitrogens is 1. The van der Waals surface area contributed by atoms with E-state index in [1.165, 1.54) is 16.9 Å². The number of ether oxygens (including phenoxy) is 2. The van der Waals surface area contributed by atoms with Gasteiger partial charge in [-0.05, 0) is 32.9 Å². The van der Waals surface area contributed by atoms with E-state index >= 15 is 0 Å². The second-order valence-corrected chi connectivity index (χ2v) is 7.48. The van der Waals surface area contributed by atoms with Crippen LogP contribution in [0.15, 0.2) is 41.8 Å². The van der Waals surface area contributed by atoms with Gasteiger partial charge < -0.3 is 14.4 Å². The molecule has 0 unspecified atom stereocenters. The number of nitrogens with zero attached hydrogens (tertiary/aromatic N) is 2. The summed E-state index contributed by atoms with van der Waals surface area (Å²) in [4.78, 5) is 30.1. The minimum Gasteiger partial charge on any atom is -0.486 e. The van der Waals surface area contributed by atoms with E-state index in [0.29, 0.717) is 25.4 Å². The lowest BCUT2D eigenvalue weighted by atomic mass is 10.2. The normalized spacial score (nSPS) is 10.4. The summed E-state index contributed by atoms with van der Waals surface area (Å²) in [5, 5.41) is 2.58. The van der Waals surface area contributed by atoms with E-state index in [9.17, 15) is 9.59 Å². The molecule has 0 radical (unpaired) electrons. The maximum absolute atomic E-state index is 12.1. The number of thiazole rings is 1. The van der Waals surface area contributed by atoms with Crippen LogP contribution in [0, 0.1) is 6.92 Å². The highest BCUT2D eigenvalue weighted by atomic mass is 32.1. The highest BCUT2D eigenvalue weighted by Crippen LogP contribution is 2.16. The Morgan fingerprint density at radius 1 is 1.25 bits per heavy atom. The van der Waals surface area contributed by atoms with E-state index in [4.69, 9.17) is 9.47 Å². The van der Waals surface area contributed by atoms with Crippen LogP contribution in [0.3, 0.4) is 0 Å². The van der Waals surface area contributed by atoms with Gasteiger partial charge in [0.05, 0.1) is 12.1 Å². The topological polar surface area (TPSA) is 68.7 Å². The second-order valence-electron chi connectivity index (χ2n) is 6.54. The molecule has 0 aliphatic heterocycles. The molecule has 0 saturated carbocycles. The molecule has 0 saturated heterocycles. The summed E-state index contributed by atoms with van der Waals surface area (Å²) in [5.74, 6) is 0.0656. The molecule has 6 nitrogen and oxygen atoms in total. The van der Waals surface area contributed by atoms with Gasteiger partial charge >= 0.3 is 5.97 Å². The number of esters is 1. The van der Waals surface area contributed by atoms with Crippen LogP contribution in [0.4, 0.5) is 0 Å². The number of carbonyl (C=O) groups is 2. The summed E-state index contributed by atoms with van der Waals surface area (Å²) in [6, 6.07) is 7.78. The Morgan fingerprint density at radius 3 is 2.61 bits per heavy atom. The Labute approximate surface area is 169 Å². The summed E-state index contributed by atoms with van der Waals surface area (Å²) in [6.07, 6.45) is 0.0287. The number of amides is 1. The van der Waals surface area contributed by atoms with Crippen LogP contribution >= 0.6 is 11.3 Å². The molecule has 1 amide bonds. The van der Waals surface area contributed by atoms with Crippen molar-refractivity contribution in [3.63, 3.8) is 0 Å². The quantitative estimate of drug-likeness (QED) is 0.449. The molecule has 2 aromatic rings. The van der Waals surface area contributed by atoms with E-state index in [1.807, 2.05) is 45.0 Å². The van der Waals surface area contributed by atoms with Crippen LogP contribution in [0.25, 0.3) is 0 Å². The molecule has 0 aliphatic rings. The monoisotopic (exact) mass is 402 g/mol. The second kappa shape index (κ2) is 10.6. The van der Waals surface area contributed by atoms with E-state index in [2.05, 4.69) is 11.6 Å². The molecule has 1 aromatic heterocycles. The van der Waals surface area contributed by atoms with Gasteiger partial charge in [-0.1, -0.05) is 29.8 Å². The fraction of sp³-hybridized carbons (Fsp3) is 0.381. The zero-order valence-corrected chi connectivity index (χ0v) is 17.4. The van der Waals surface area contributed by atoms with E-state index in [1.54, 1.807) is 10.3 Å². The van der Waals surface area contributed by atoms with Crippen molar-refractivity contribution >= 4 is 23.2 Å². The van der Waals surface area contributed by atoms with Gasteiger partial charge in [-0.25, -0.2) is 4.98 Å². The Hall–Kier alpha value is -2.67. The number of hydrogen-bond acceptors (Lipinski definition) is 6. The molecular weight excluding hydrogens is 376 g/mol. The fourth-order valence-electron chi connectivity index (χ4n) is 2.41. The zero-order chi connectivity index (χ0) is 20.5. The molecule has 2 rings (SSSR count). The van der Waals surface area contributed by atoms with Crippen LogP contribution in [-0.4, -0.2) is 41.5 Å². The molecule has 1 heterocycles. The van der Waals surface area contributed by atoms with Gasteiger partial charge in [0, 0.05) is 18.5 Å². The lowest BCUT2D eigenvalue weighted by Gasteiger charge is -2.20. The Kier molecular flexibility index (Phi) is 8.19. The molecule has 0 atom stereocenters. The SMILES string of the molecule is C=C(C)CN(CC)C(=O)COC(=O)Cc1csc(COc2ccc(C)cc2)n1. The first-order chi connectivity index (χ1) is 13.4. The number of carbonyl (C=O) groups excluding carboxylic acids is 2. The van der Waals surface area contributed by atoms with Crippen molar-refractivity contribution in [1.29, 1.82) is 0 Å². The lowest BCUT2D eigenvalue weighted by Crippen LogP contribution is -2.35. The maximum atomic E-state index is 12.1. The van der Waals surface area contributed by atoms with Crippen molar-refractivity contribution in [3.05, 3.63) is 58.1 Å². The number of rotatable bonds is 10. The van der Waals surface area contributed by atoms with Crippen molar-refractivity contribution in [2.45, 2.75) is 33.8 Å². The summed E-state index contributed by atoms with van der Waals surface area (Å²) < 4.78 is 10.8. The molecule has 0 bridgehead atoms. The minimum absolute atomic E-state index is 0.0287. The van der Waals surface area contributed by atoms with Gasteiger partial charge in [0.25, 0.3) is 5.91 Å². The largest absolute Gasteiger partial charge is 0.486 e. The summed E-state index contributed by atoms with van der Waals surface area (Å²) >= 11 is 1.42. The highest BCUT2D eigenvalue weighted by molar-refractivity contribution is 7.09. The summed E-state index contributed by atoms with van der Waals surface area (Å²) in [5.41, 5.74) is 2.66. The molecule has 7 heteroatoms. The van der Waals surface area contributed by atoms with Crippen molar-refractivity contribution in [3.8, 4) is 5.75 Å². The number of benzene rings is 1. The van der Waals surface area contributed by atoms with Crippen LogP contribution in [0.1, 0.15) is 30.1 Å². The molecule has 0 N–H and O–H groups in total. The minimum atomic E-state index is -0.476. The predicted octanol–water partition coefficient (Wildman–Crippen LogP) is 3.54. The number of likely N-dealkylation sites (N-methyl/N-ethyl adjacent to an activating group) is 1. The van der Waals surface area contributed by atoms with Gasteiger partial charge in [0.15, 0.2) is 6.61 Å². The van der Waals surface area contributed by atoms with Gasteiger partial charge in [-0.3, -0.25) is 9.59 Å². The first kappa shape index (κ1) is 21.6. The van der Waals surface area contributed by atoms with E-state index in [-0.39, 0.29) is 18.9 Å². The Bertz CT molecular complexity index is 814. The Morgan fingerprint density at radius 2 is 1.96 bits per heavy atom. The molecular formula is C21H26N2O4S. The van der Waals surface area contributed by atoms with Crippen LogP contribution in [0.5, 0.6) is 5.75 Å². The maximum Gasteiger partial charge on any atom is 0.312 e. The van der Waals surface area contributed by atoms with Crippen molar-refractivity contribution in [2.24, 2.45) is 0 Å². The van der Waals surface area contributed by atoms with Crippen molar-refractivity contribution in [2.75, 3.05) is 19.7 Å². The first-order valence-electron chi connectivity index (χ1n) is 9.08. The molecule has 0 spiro atoms. The third kappa shape index (κ3) is 7.15. The Balaban J connectivity index is 1.77. The van der Waals surface area contributed by atoms with Crippen LogP contribution in [0.2, 0.25) is 0 Å². The van der Waals surface area contributed by atoms with Gasteiger partial charge in [0.1, 0.15) is 17.4 Å². The zero-order valence-electron chi connectivity index (χ0n) is 16.6. The first-order valence-corrected chi connectivity index (χ1v) is 9.96. The third-order valence-electron chi connectivity index (χ3n) is 3.86. The number of hydrogen-bond donors (Lipinski definition) is 0. The average Bonchev–Trinajstić information content (AvgIpc) is 3.10. The van der Waals surface area contributed by atoms with Gasteiger partial charge in [-0.15, -0.1) is 11.3 Å². The average molecular weight is 403 g/mol. The third-order valence-corrected chi connectivity index (χ3v) is 4.73. The van der Waals surface area contributed by atoms with Crippen LogP contribution in [-0.2, 0) is 27.4 Å². The lowest BCUT2D eigenvalue weighted by molar-refractivity contribution is -0.151. The van der Waals surface area contributed by atoms with Gasteiger partial charge in [0.2, 0.25) is 0 Å². The molecule has 0 fully saturated rings. The van der Waals surface area contributed by atoms with Gasteiger partial charge in [-0.2, -0.15) is 0 Å². The molecule has 150 valence electrons. The molecule has 0 aliphatic carbocycles. The smallest absolute Gasteiger partial charge is 0.312 e. The predicted molar refractivity (Wildman–Crippen MR) is 109 cm³/mol. The molecule has 1 aromatic carbocycles. The summed E-state index contributed by atoms with van der Waals surface area (Å²) in [7, 11) is 0. The standard InChI is InChI=1S/C21H26N2O4S/c1-5-23(11-15(2)3)20(24)13-27-21(25)10-17-14-28-19(22-17)12-26-18-8-6-16(4)7-9-18/h6-9,14H,2,5,10-13H2,1,3-4H3. The van der Waals surface area contributed by atoms with Crippen LogP contribution < -0.4 is 4.74 Å². The fourth-order valence-corrected chi connectivity index (χ4v) is 3.12. The van der Waals surface area contributed by atoms with Crippen molar-refractivity contribution in [1.82, 2.24) is 9.88 Å². The molecule has 28 heavy (non-hydrogen) atoms. The highest BCUT2D eigenvalue weighted by Gasteiger charge is 2.15. The summed E-state index contributed by atoms with van der Waals surface area (Å²) in [6.45, 7) is 10.6. The van der Waals surface area contributed by atoms with E-state index < -0.39 is 5.97 Å². The van der Waals surface area contributed by atoms with E-state index in [0.717, 1.165) is 16.3 Å². The van der Waals surface area contributed by atoms with Crippen molar-refractivity contribution < 1.29 is 19.1 Å². The number of aryl methyl sites for hydroxylation is 1.